The van der Waals surface area contributed by atoms with Crippen molar-refractivity contribution in [2.24, 2.45) is 29.1 Å². The Hall–Kier alpha value is 0. The molecule has 2 aliphatic carbocycles. The predicted octanol–water partition coefficient (Wildman–Crippen LogP) is 3.71. The van der Waals surface area contributed by atoms with Gasteiger partial charge in [0.25, 0.3) is 0 Å². The molecule has 0 spiro atoms. The van der Waals surface area contributed by atoms with Crippen LogP contribution in [0.1, 0.15) is 47.0 Å². The lowest BCUT2D eigenvalue weighted by atomic mass is 9.52. The van der Waals surface area contributed by atoms with Crippen LogP contribution in [0.15, 0.2) is 0 Å². The topological polar surface area (TPSA) is 0 Å². The van der Waals surface area contributed by atoms with Crippen LogP contribution in [0, 0.1) is 29.1 Å². The lowest BCUT2D eigenvalue weighted by Crippen LogP contribution is -2.45. The Morgan fingerprint density at radius 3 is 1.92 bits per heavy atom. The molecule has 4 atom stereocenters. The minimum Gasteiger partial charge on any atom is -0.0622 e. The first-order valence-electron chi connectivity index (χ1n) is 5.59. The smallest absolute Gasteiger partial charge is 0.0218 e. The molecule has 0 aromatic carbocycles. The predicted molar refractivity (Wildman–Crippen MR) is 52.9 cm³/mol. The molecule has 0 N–H and O–H groups in total. The molecule has 0 heteroatoms. The molecule has 0 amide bonds. The molecule has 2 rings (SSSR count). The zero-order valence-corrected chi connectivity index (χ0v) is 8.93. The summed E-state index contributed by atoms with van der Waals surface area (Å²) in [7, 11) is 0. The SMILES string of the molecule is CC1CC1C1(C(C)C)CCC1C. The fourth-order valence-corrected chi connectivity index (χ4v) is 3.67. The highest BCUT2D eigenvalue weighted by Gasteiger charge is 2.58. The third-order valence-corrected chi connectivity index (χ3v) is 4.80. The van der Waals surface area contributed by atoms with E-state index in [9.17, 15) is 0 Å². The van der Waals surface area contributed by atoms with Gasteiger partial charge in [-0.05, 0) is 48.3 Å². The van der Waals surface area contributed by atoms with E-state index in [1.54, 1.807) is 0 Å². The lowest BCUT2D eigenvalue weighted by molar-refractivity contribution is -0.0349. The van der Waals surface area contributed by atoms with Gasteiger partial charge in [0.05, 0.1) is 0 Å². The van der Waals surface area contributed by atoms with Gasteiger partial charge < -0.3 is 0 Å². The molecule has 0 aromatic heterocycles. The average molecular weight is 166 g/mol. The van der Waals surface area contributed by atoms with Crippen LogP contribution in [-0.4, -0.2) is 0 Å². The van der Waals surface area contributed by atoms with Crippen molar-refractivity contribution in [3.63, 3.8) is 0 Å². The van der Waals surface area contributed by atoms with Crippen molar-refractivity contribution in [2.45, 2.75) is 47.0 Å². The lowest BCUT2D eigenvalue weighted by Gasteiger charge is -2.52. The van der Waals surface area contributed by atoms with Gasteiger partial charge in [0, 0.05) is 0 Å². The van der Waals surface area contributed by atoms with E-state index in [1.165, 1.54) is 19.3 Å². The Morgan fingerprint density at radius 2 is 1.83 bits per heavy atom. The minimum atomic E-state index is 0.763. The first-order chi connectivity index (χ1) is 5.59. The van der Waals surface area contributed by atoms with Crippen molar-refractivity contribution < 1.29 is 0 Å². The molecule has 0 aliphatic heterocycles. The quantitative estimate of drug-likeness (QED) is 0.586. The van der Waals surface area contributed by atoms with Crippen LogP contribution < -0.4 is 0 Å². The summed E-state index contributed by atoms with van der Waals surface area (Å²) in [5.41, 5.74) is 0.763. The van der Waals surface area contributed by atoms with Gasteiger partial charge in [-0.25, -0.2) is 0 Å². The Labute approximate surface area is 76.7 Å². The van der Waals surface area contributed by atoms with Gasteiger partial charge in [-0.1, -0.05) is 27.7 Å². The summed E-state index contributed by atoms with van der Waals surface area (Å²) >= 11 is 0. The van der Waals surface area contributed by atoms with Gasteiger partial charge >= 0.3 is 0 Å². The van der Waals surface area contributed by atoms with E-state index in [2.05, 4.69) is 27.7 Å². The highest BCUT2D eigenvalue weighted by Crippen LogP contribution is 2.66. The molecule has 0 heterocycles. The van der Waals surface area contributed by atoms with Crippen molar-refractivity contribution >= 4 is 0 Å². The third-order valence-electron chi connectivity index (χ3n) is 4.80. The van der Waals surface area contributed by atoms with Gasteiger partial charge in [-0.3, -0.25) is 0 Å². The van der Waals surface area contributed by atoms with Gasteiger partial charge in [0.1, 0.15) is 0 Å². The second kappa shape index (κ2) is 2.49. The van der Waals surface area contributed by atoms with E-state index in [4.69, 9.17) is 0 Å². The Kier molecular flexibility index (Phi) is 1.79. The molecular formula is C12H22. The van der Waals surface area contributed by atoms with Crippen LogP contribution in [0.25, 0.3) is 0 Å². The van der Waals surface area contributed by atoms with Crippen molar-refractivity contribution in [1.29, 1.82) is 0 Å². The Bertz CT molecular complexity index is 176. The monoisotopic (exact) mass is 166 g/mol. The van der Waals surface area contributed by atoms with Gasteiger partial charge in [-0.2, -0.15) is 0 Å². The highest BCUT2D eigenvalue weighted by molar-refractivity contribution is 5.07. The Balaban J connectivity index is 2.13. The maximum atomic E-state index is 2.47. The third kappa shape index (κ3) is 0.900. The van der Waals surface area contributed by atoms with E-state index in [0.29, 0.717) is 0 Å². The highest BCUT2D eigenvalue weighted by atomic mass is 14.6. The van der Waals surface area contributed by atoms with E-state index in [-0.39, 0.29) is 0 Å². The first kappa shape index (κ1) is 8.59. The molecule has 0 saturated heterocycles. The van der Waals surface area contributed by atoms with Crippen molar-refractivity contribution in [1.82, 2.24) is 0 Å². The summed E-state index contributed by atoms with van der Waals surface area (Å²) in [6, 6.07) is 0. The largest absolute Gasteiger partial charge is 0.0622 e. The van der Waals surface area contributed by atoms with E-state index in [0.717, 1.165) is 29.1 Å². The molecule has 4 unspecified atom stereocenters. The van der Waals surface area contributed by atoms with Crippen LogP contribution >= 0.6 is 0 Å². The number of rotatable bonds is 2. The molecular weight excluding hydrogens is 144 g/mol. The molecule has 0 aromatic rings. The van der Waals surface area contributed by atoms with Crippen LogP contribution in [0.2, 0.25) is 0 Å². The second-order valence-corrected chi connectivity index (χ2v) is 5.53. The van der Waals surface area contributed by atoms with Crippen molar-refractivity contribution in [2.75, 3.05) is 0 Å². The number of hydrogen-bond acceptors (Lipinski definition) is 0. The fraction of sp³-hybridized carbons (Fsp3) is 1.00. The maximum absolute atomic E-state index is 2.47. The first-order valence-corrected chi connectivity index (χ1v) is 5.59. The summed E-state index contributed by atoms with van der Waals surface area (Å²) in [5.74, 6) is 4.04. The van der Waals surface area contributed by atoms with Crippen molar-refractivity contribution in [3.8, 4) is 0 Å². The second-order valence-electron chi connectivity index (χ2n) is 5.53. The summed E-state index contributed by atoms with van der Waals surface area (Å²) in [4.78, 5) is 0. The zero-order valence-electron chi connectivity index (χ0n) is 8.93. The standard InChI is InChI=1S/C12H22/c1-8(2)12(6-5-10(12)4)11-7-9(11)3/h8-11H,5-7H2,1-4H3. The molecule has 2 saturated carbocycles. The van der Waals surface area contributed by atoms with Gasteiger partial charge in [0.15, 0.2) is 0 Å². The summed E-state index contributed by atoms with van der Waals surface area (Å²) < 4.78 is 0. The molecule has 0 bridgehead atoms. The van der Waals surface area contributed by atoms with E-state index >= 15 is 0 Å². The average Bonchev–Trinajstić information content (AvgIpc) is 2.65. The molecule has 0 radical (unpaired) electrons. The normalized spacial score (nSPS) is 52.2. The molecule has 2 aliphatic rings. The summed E-state index contributed by atoms with van der Waals surface area (Å²) in [6.45, 7) is 9.76. The van der Waals surface area contributed by atoms with Gasteiger partial charge in [0.2, 0.25) is 0 Å². The minimum absolute atomic E-state index is 0.763. The van der Waals surface area contributed by atoms with Gasteiger partial charge in [-0.15, -0.1) is 0 Å². The van der Waals surface area contributed by atoms with Crippen LogP contribution in [0.4, 0.5) is 0 Å². The van der Waals surface area contributed by atoms with Crippen LogP contribution in [0.5, 0.6) is 0 Å². The summed E-state index contributed by atoms with van der Waals surface area (Å²) in [5, 5.41) is 0. The molecule has 2 fully saturated rings. The van der Waals surface area contributed by atoms with Crippen LogP contribution in [0.3, 0.4) is 0 Å². The van der Waals surface area contributed by atoms with E-state index in [1.807, 2.05) is 0 Å². The molecule has 0 nitrogen and oxygen atoms in total. The number of hydrogen-bond donors (Lipinski definition) is 0. The molecule has 70 valence electrons. The Morgan fingerprint density at radius 1 is 1.25 bits per heavy atom. The van der Waals surface area contributed by atoms with Crippen LogP contribution in [-0.2, 0) is 0 Å². The molecule has 12 heavy (non-hydrogen) atoms. The van der Waals surface area contributed by atoms with Crippen molar-refractivity contribution in [3.05, 3.63) is 0 Å². The maximum Gasteiger partial charge on any atom is -0.0218 e. The van der Waals surface area contributed by atoms with E-state index < -0.39 is 0 Å². The zero-order chi connectivity index (χ0) is 8.93. The fourth-order valence-electron chi connectivity index (χ4n) is 3.67. The summed E-state index contributed by atoms with van der Waals surface area (Å²) in [6.07, 6.45) is 4.52.